The van der Waals surface area contributed by atoms with Crippen LogP contribution in [0.4, 0.5) is 0 Å². The van der Waals surface area contributed by atoms with E-state index in [1.165, 1.54) is 21.0 Å². The Kier molecular flexibility index (Phi) is 7.03. The second kappa shape index (κ2) is 9.27. The average molecular weight is 401 g/mol. The molecule has 3 atom stereocenters. The molecule has 0 N–H and O–H groups in total. The van der Waals surface area contributed by atoms with Crippen LogP contribution in [0.2, 0.25) is 0 Å². The first-order chi connectivity index (χ1) is 13.7. The number of Topliss-reactive ketones (excluding diaryl/α,β-unsaturated/α-hetero) is 1. The minimum Gasteiger partial charge on any atom is -0.468 e. The topological polar surface area (TPSA) is 108 Å². The lowest BCUT2D eigenvalue weighted by Crippen LogP contribution is -2.42. The lowest BCUT2D eigenvalue weighted by molar-refractivity contribution is -0.163. The Balaban J connectivity index is 2.51. The highest BCUT2D eigenvalue weighted by molar-refractivity contribution is 6.10. The predicted molar refractivity (Wildman–Crippen MR) is 103 cm³/mol. The van der Waals surface area contributed by atoms with Gasteiger partial charge in [-0.05, 0) is 26.3 Å². The van der Waals surface area contributed by atoms with Crippen molar-refractivity contribution in [3.63, 3.8) is 0 Å². The van der Waals surface area contributed by atoms with E-state index >= 15 is 0 Å². The van der Waals surface area contributed by atoms with Crippen molar-refractivity contribution in [1.29, 1.82) is 0 Å². The zero-order valence-electron chi connectivity index (χ0n) is 16.9. The van der Waals surface area contributed by atoms with Gasteiger partial charge in [-0.25, -0.2) is 4.79 Å². The van der Waals surface area contributed by atoms with Crippen LogP contribution < -0.4 is 0 Å². The fourth-order valence-corrected chi connectivity index (χ4v) is 3.30. The van der Waals surface area contributed by atoms with E-state index in [1.54, 1.807) is 37.3 Å². The highest BCUT2D eigenvalue weighted by Gasteiger charge is 2.47. The molecule has 0 spiro atoms. The van der Waals surface area contributed by atoms with Gasteiger partial charge in [0.25, 0.3) is 0 Å². The highest BCUT2D eigenvalue weighted by Crippen LogP contribution is 2.35. The molecule has 0 radical (unpaired) electrons. The maximum atomic E-state index is 13.2. The molecule has 1 aliphatic rings. The molecule has 0 saturated carbocycles. The molecular formula is C21H23NO7. The minimum atomic E-state index is -1.35. The third-order valence-electron chi connectivity index (χ3n) is 4.65. The Morgan fingerprint density at radius 3 is 2.07 bits per heavy atom. The number of ether oxygens (including phenoxy) is 3. The van der Waals surface area contributed by atoms with Gasteiger partial charge in [-0.1, -0.05) is 30.3 Å². The predicted octanol–water partition coefficient (Wildman–Crippen LogP) is 2.19. The first kappa shape index (κ1) is 22.0. The van der Waals surface area contributed by atoms with Gasteiger partial charge >= 0.3 is 17.9 Å². The summed E-state index contributed by atoms with van der Waals surface area (Å²) < 4.78 is 15.1. The third-order valence-corrected chi connectivity index (χ3v) is 4.65. The number of esters is 3. The summed E-state index contributed by atoms with van der Waals surface area (Å²) in [6.07, 6.45) is -1.18. The van der Waals surface area contributed by atoms with Crippen molar-refractivity contribution < 1.29 is 33.4 Å². The smallest absolute Gasteiger partial charge is 0.336 e. The number of hydrogen-bond acceptors (Lipinski definition) is 8. The molecule has 1 aliphatic heterocycles. The van der Waals surface area contributed by atoms with Gasteiger partial charge in [0.05, 0.1) is 19.8 Å². The van der Waals surface area contributed by atoms with Crippen molar-refractivity contribution in [3.8, 4) is 0 Å². The number of nitrogens with zero attached hydrogens (tertiary/aromatic N) is 1. The molecule has 0 saturated heterocycles. The van der Waals surface area contributed by atoms with Crippen LogP contribution in [-0.4, -0.2) is 43.6 Å². The standard InChI is InChI=1S/C21H23NO7/c1-11-15(19(24)27-4)17(16(12(2)22-11)20(25)28-5)21(26)29-18(13(3)23)14-9-7-6-8-10-14/h6-10,15,17-18H,1-5H3/t15?,17-,18+/m0/s1. The van der Waals surface area contributed by atoms with Crippen molar-refractivity contribution in [2.45, 2.75) is 26.9 Å². The molecule has 1 heterocycles. The van der Waals surface area contributed by atoms with Crippen LogP contribution in [0.25, 0.3) is 0 Å². The number of carbonyl (C=O) groups excluding carboxylic acids is 4. The van der Waals surface area contributed by atoms with E-state index in [-0.39, 0.29) is 11.3 Å². The van der Waals surface area contributed by atoms with E-state index in [0.717, 1.165) is 7.11 Å². The molecule has 1 aromatic carbocycles. The Morgan fingerprint density at radius 2 is 1.55 bits per heavy atom. The van der Waals surface area contributed by atoms with E-state index in [4.69, 9.17) is 14.2 Å². The summed E-state index contributed by atoms with van der Waals surface area (Å²) in [6.45, 7) is 4.38. The molecule has 0 amide bonds. The fraction of sp³-hybridized carbons (Fsp3) is 0.381. The number of allylic oxidation sites excluding steroid dienone is 1. The van der Waals surface area contributed by atoms with Crippen LogP contribution in [0.3, 0.4) is 0 Å². The molecule has 0 bridgehead atoms. The number of rotatable bonds is 6. The number of aliphatic imine (C=N–C) groups is 1. The maximum absolute atomic E-state index is 13.2. The van der Waals surface area contributed by atoms with Crippen LogP contribution in [0.1, 0.15) is 32.4 Å². The normalized spacial score (nSPS) is 19.7. The SMILES string of the molecule is COC(=O)C1=C(C)N=C(C)C(C(=O)OC)[C@@H]1C(=O)O[C@H](C(C)=O)c1ccccc1. The summed E-state index contributed by atoms with van der Waals surface area (Å²) in [4.78, 5) is 54.3. The zero-order chi connectivity index (χ0) is 21.7. The van der Waals surface area contributed by atoms with Gasteiger partial charge in [0.2, 0.25) is 0 Å². The molecule has 1 aromatic rings. The summed E-state index contributed by atoms with van der Waals surface area (Å²) >= 11 is 0. The van der Waals surface area contributed by atoms with Gasteiger partial charge < -0.3 is 14.2 Å². The second-order valence-corrected chi connectivity index (χ2v) is 6.56. The zero-order valence-corrected chi connectivity index (χ0v) is 16.9. The molecule has 0 aliphatic carbocycles. The number of carbonyl (C=O) groups is 4. The Labute approximate surface area is 168 Å². The first-order valence-electron chi connectivity index (χ1n) is 8.90. The number of hydrogen-bond donors (Lipinski definition) is 0. The fourth-order valence-electron chi connectivity index (χ4n) is 3.30. The van der Waals surface area contributed by atoms with E-state index in [0.29, 0.717) is 11.3 Å². The molecule has 0 fully saturated rings. The highest BCUT2D eigenvalue weighted by atomic mass is 16.6. The van der Waals surface area contributed by atoms with Crippen molar-refractivity contribution in [1.82, 2.24) is 0 Å². The van der Waals surface area contributed by atoms with Crippen LogP contribution in [0.15, 0.2) is 46.6 Å². The molecule has 29 heavy (non-hydrogen) atoms. The van der Waals surface area contributed by atoms with Crippen molar-refractivity contribution in [2.24, 2.45) is 16.8 Å². The molecule has 0 aromatic heterocycles. The molecule has 1 unspecified atom stereocenters. The van der Waals surface area contributed by atoms with E-state index in [2.05, 4.69) is 4.99 Å². The van der Waals surface area contributed by atoms with E-state index in [9.17, 15) is 19.2 Å². The van der Waals surface area contributed by atoms with Crippen LogP contribution in [0, 0.1) is 11.8 Å². The lowest BCUT2D eigenvalue weighted by atomic mass is 9.79. The molecule has 8 heteroatoms. The molecule has 154 valence electrons. The number of benzene rings is 1. The van der Waals surface area contributed by atoms with Crippen molar-refractivity contribution in [3.05, 3.63) is 47.2 Å². The van der Waals surface area contributed by atoms with Gasteiger partial charge in [0.1, 0.15) is 11.8 Å². The van der Waals surface area contributed by atoms with Gasteiger partial charge in [0, 0.05) is 11.4 Å². The quantitative estimate of drug-likeness (QED) is 0.531. The number of ketones is 1. The second-order valence-electron chi connectivity index (χ2n) is 6.56. The maximum Gasteiger partial charge on any atom is 0.336 e. The van der Waals surface area contributed by atoms with Crippen molar-refractivity contribution in [2.75, 3.05) is 14.2 Å². The summed E-state index contributed by atoms with van der Waals surface area (Å²) in [5.74, 6) is -5.40. The minimum absolute atomic E-state index is 0.103. The Hall–Kier alpha value is -3.29. The van der Waals surface area contributed by atoms with Crippen LogP contribution >= 0.6 is 0 Å². The average Bonchev–Trinajstić information content (AvgIpc) is 2.70. The Bertz CT molecular complexity index is 886. The summed E-state index contributed by atoms with van der Waals surface area (Å²) in [7, 11) is 2.33. The van der Waals surface area contributed by atoms with Gasteiger partial charge in [-0.2, -0.15) is 0 Å². The first-order valence-corrected chi connectivity index (χ1v) is 8.90. The largest absolute Gasteiger partial charge is 0.468 e. The number of methoxy groups -OCH3 is 2. The molecular weight excluding hydrogens is 378 g/mol. The van der Waals surface area contributed by atoms with Crippen LogP contribution in [-0.2, 0) is 33.4 Å². The Morgan fingerprint density at radius 1 is 0.931 bits per heavy atom. The summed E-state index contributed by atoms with van der Waals surface area (Å²) in [5, 5.41) is 0. The van der Waals surface area contributed by atoms with Crippen LogP contribution in [0.5, 0.6) is 0 Å². The van der Waals surface area contributed by atoms with E-state index < -0.39 is 41.6 Å². The third kappa shape index (κ3) is 4.59. The van der Waals surface area contributed by atoms with Gasteiger partial charge in [-0.3, -0.25) is 19.4 Å². The summed E-state index contributed by atoms with van der Waals surface area (Å²) in [5.41, 5.74) is 0.900. The molecule has 2 rings (SSSR count). The van der Waals surface area contributed by atoms with E-state index in [1.807, 2.05) is 0 Å². The molecule has 8 nitrogen and oxygen atoms in total. The van der Waals surface area contributed by atoms with Gasteiger partial charge in [-0.15, -0.1) is 0 Å². The van der Waals surface area contributed by atoms with Crippen molar-refractivity contribution >= 4 is 29.4 Å². The summed E-state index contributed by atoms with van der Waals surface area (Å²) in [6, 6.07) is 8.47. The lowest BCUT2D eigenvalue weighted by Gasteiger charge is -2.30. The monoisotopic (exact) mass is 401 g/mol. The van der Waals surface area contributed by atoms with Gasteiger partial charge in [0.15, 0.2) is 11.9 Å².